The molecule has 2 heterocycles. The van der Waals surface area contributed by atoms with Crippen molar-refractivity contribution in [3.8, 4) is 0 Å². The first-order valence-electron chi connectivity index (χ1n) is 5.36. The van der Waals surface area contributed by atoms with Crippen molar-refractivity contribution < 1.29 is 9.53 Å². The van der Waals surface area contributed by atoms with Crippen LogP contribution >= 0.6 is 27.5 Å². The molecule has 2 rings (SSSR count). The number of pyridine rings is 1. The summed E-state index contributed by atoms with van der Waals surface area (Å²) in [5.41, 5.74) is 0.433. The molecule has 0 aromatic carbocycles. The van der Waals surface area contributed by atoms with Crippen LogP contribution in [0.25, 0.3) is 0 Å². The maximum atomic E-state index is 12.3. The smallest absolute Gasteiger partial charge is 0.257 e. The summed E-state index contributed by atoms with van der Waals surface area (Å²) in [5, 5.41) is 0.239. The van der Waals surface area contributed by atoms with Crippen LogP contribution in [-0.4, -0.2) is 42.1 Å². The predicted octanol–water partition coefficient (Wildman–Crippen LogP) is 2.36. The molecular weight excluding hydrogens is 307 g/mol. The quantitative estimate of drug-likeness (QED) is 0.746. The minimum Gasteiger partial charge on any atom is -0.380 e. The van der Waals surface area contributed by atoms with Gasteiger partial charge in [0.15, 0.2) is 0 Å². The van der Waals surface area contributed by atoms with Crippen LogP contribution in [0.2, 0.25) is 5.15 Å². The third-order valence-corrected chi connectivity index (χ3v) is 3.28. The fourth-order valence-electron chi connectivity index (χ4n) is 1.69. The minimum absolute atomic E-state index is 0.0886. The highest BCUT2D eigenvalue weighted by Crippen LogP contribution is 2.20. The van der Waals surface area contributed by atoms with Crippen molar-refractivity contribution in [3.05, 3.63) is 27.5 Å². The molecule has 1 aromatic rings. The number of halogens is 2. The summed E-state index contributed by atoms with van der Waals surface area (Å²) < 4.78 is 6.06. The van der Waals surface area contributed by atoms with Crippen molar-refractivity contribution in [2.24, 2.45) is 0 Å². The van der Waals surface area contributed by atoms with Crippen molar-refractivity contribution in [2.45, 2.75) is 6.42 Å². The molecular formula is C11H12BrClN2O2. The van der Waals surface area contributed by atoms with Crippen LogP contribution in [0.3, 0.4) is 0 Å². The Labute approximate surface area is 113 Å². The molecule has 4 nitrogen and oxygen atoms in total. The maximum absolute atomic E-state index is 12.3. The van der Waals surface area contributed by atoms with Crippen molar-refractivity contribution in [2.75, 3.05) is 26.3 Å². The number of amides is 1. The lowest BCUT2D eigenvalue weighted by molar-refractivity contribution is 0.0741. The van der Waals surface area contributed by atoms with Gasteiger partial charge >= 0.3 is 0 Å². The highest BCUT2D eigenvalue weighted by molar-refractivity contribution is 9.10. The largest absolute Gasteiger partial charge is 0.380 e. The maximum Gasteiger partial charge on any atom is 0.257 e. The molecule has 0 N–H and O–H groups in total. The molecule has 1 aliphatic heterocycles. The molecule has 1 saturated heterocycles. The first-order chi connectivity index (χ1) is 8.18. The van der Waals surface area contributed by atoms with Gasteiger partial charge in [-0.25, -0.2) is 4.98 Å². The third-order valence-electron chi connectivity index (χ3n) is 2.55. The molecule has 17 heavy (non-hydrogen) atoms. The lowest BCUT2D eigenvalue weighted by Gasteiger charge is -2.19. The molecule has 92 valence electrons. The van der Waals surface area contributed by atoms with E-state index in [2.05, 4.69) is 20.9 Å². The van der Waals surface area contributed by atoms with E-state index in [4.69, 9.17) is 16.3 Å². The number of rotatable bonds is 1. The van der Waals surface area contributed by atoms with E-state index in [1.807, 2.05) is 0 Å². The SMILES string of the molecule is O=C(c1cc(Br)cnc1Cl)N1CCCOCC1. The number of aromatic nitrogens is 1. The molecule has 1 aliphatic rings. The zero-order chi connectivity index (χ0) is 12.3. The number of hydrogen-bond acceptors (Lipinski definition) is 3. The monoisotopic (exact) mass is 318 g/mol. The van der Waals surface area contributed by atoms with E-state index in [0.717, 1.165) is 10.9 Å². The van der Waals surface area contributed by atoms with Gasteiger partial charge < -0.3 is 9.64 Å². The summed E-state index contributed by atoms with van der Waals surface area (Å²) in [6.45, 7) is 2.57. The van der Waals surface area contributed by atoms with Gasteiger partial charge in [-0.05, 0) is 28.4 Å². The molecule has 0 spiro atoms. The van der Waals surface area contributed by atoms with Gasteiger partial charge in [-0.2, -0.15) is 0 Å². The van der Waals surface area contributed by atoms with E-state index >= 15 is 0 Å². The van der Waals surface area contributed by atoms with E-state index in [0.29, 0.717) is 31.9 Å². The lowest BCUT2D eigenvalue weighted by Crippen LogP contribution is -2.33. The average Bonchev–Trinajstić information content (AvgIpc) is 2.60. The molecule has 0 unspecified atom stereocenters. The Balaban J connectivity index is 2.20. The van der Waals surface area contributed by atoms with Crippen LogP contribution < -0.4 is 0 Å². The Morgan fingerprint density at radius 1 is 1.47 bits per heavy atom. The highest BCUT2D eigenvalue weighted by atomic mass is 79.9. The molecule has 1 aromatic heterocycles. The zero-order valence-electron chi connectivity index (χ0n) is 9.16. The summed E-state index contributed by atoms with van der Waals surface area (Å²) in [6, 6.07) is 1.70. The van der Waals surface area contributed by atoms with Crippen LogP contribution in [0.5, 0.6) is 0 Å². The number of carbonyl (C=O) groups is 1. The molecule has 0 aliphatic carbocycles. The van der Waals surface area contributed by atoms with Crippen molar-refractivity contribution in [3.63, 3.8) is 0 Å². The molecule has 6 heteroatoms. The second-order valence-electron chi connectivity index (χ2n) is 3.75. The number of nitrogens with zero attached hydrogens (tertiary/aromatic N) is 2. The van der Waals surface area contributed by atoms with Gasteiger partial charge in [-0.1, -0.05) is 11.6 Å². The van der Waals surface area contributed by atoms with E-state index < -0.39 is 0 Å². The van der Waals surface area contributed by atoms with Crippen LogP contribution in [0.4, 0.5) is 0 Å². The number of ether oxygens (including phenoxy) is 1. The number of hydrogen-bond donors (Lipinski definition) is 0. The number of carbonyl (C=O) groups excluding carboxylic acids is 1. The van der Waals surface area contributed by atoms with Gasteiger partial charge in [-0.15, -0.1) is 0 Å². The topological polar surface area (TPSA) is 42.4 Å². The van der Waals surface area contributed by atoms with E-state index in [1.165, 1.54) is 0 Å². The first-order valence-corrected chi connectivity index (χ1v) is 6.53. The highest BCUT2D eigenvalue weighted by Gasteiger charge is 2.20. The van der Waals surface area contributed by atoms with Crippen LogP contribution in [0.15, 0.2) is 16.7 Å². The summed E-state index contributed by atoms with van der Waals surface area (Å²) in [6.07, 6.45) is 2.43. The van der Waals surface area contributed by atoms with Crippen molar-refractivity contribution in [1.82, 2.24) is 9.88 Å². The molecule has 1 amide bonds. The van der Waals surface area contributed by atoms with E-state index in [1.54, 1.807) is 17.2 Å². The van der Waals surface area contributed by atoms with Gasteiger partial charge in [0.05, 0.1) is 12.2 Å². The van der Waals surface area contributed by atoms with Gasteiger partial charge in [0.1, 0.15) is 5.15 Å². The summed E-state index contributed by atoms with van der Waals surface area (Å²) >= 11 is 9.23. The van der Waals surface area contributed by atoms with Gasteiger partial charge in [0, 0.05) is 30.4 Å². The minimum atomic E-state index is -0.0886. The average molecular weight is 320 g/mol. The molecule has 0 bridgehead atoms. The Hall–Kier alpha value is -0.650. The van der Waals surface area contributed by atoms with E-state index in [-0.39, 0.29) is 11.1 Å². The second kappa shape index (κ2) is 5.80. The lowest BCUT2D eigenvalue weighted by atomic mass is 10.2. The summed E-state index contributed by atoms with van der Waals surface area (Å²) in [4.78, 5) is 18.0. The predicted molar refractivity (Wildman–Crippen MR) is 68.3 cm³/mol. The molecule has 0 atom stereocenters. The van der Waals surface area contributed by atoms with Crippen LogP contribution in [-0.2, 0) is 4.74 Å². The summed E-state index contributed by atoms with van der Waals surface area (Å²) in [5.74, 6) is -0.0886. The van der Waals surface area contributed by atoms with Gasteiger partial charge in [-0.3, -0.25) is 4.79 Å². The van der Waals surface area contributed by atoms with Gasteiger partial charge in [0.2, 0.25) is 0 Å². The third kappa shape index (κ3) is 3.18. The standard InChI is InChI=1S/C11H12BrClN2O2/c12-8-6-9(10(13)14-7-8)11(16)15-2-1-4-17-5-3-15/h6-7H,1-5H2. The van der Waals surface area contributed by atoms with Crippen molar-refractivity contribution in [1.29, 1.82) is 0 Å². The van der Waals surface area contributed by atoms with E-state index in [9.17, 15) is 4.79 Å². The molecule has 0 saturated carbocycles. The first kappa shape index (κ1) is 12.8. The van der Waals surface area contributed by atoms with Gasteiger partial charge in [0.25, 0.3) is 5.91 Å². The fraction of sp³-hybridized carbons (Fsp3) is 0.455. The van der Waals surface area contributed by atoms with Crippen LogP contribution in [0.1, 0.15) is 16.8 Å². The fourth-order valence-corrected chi connectivity index (χ4v) is 2.21. The van der Waals surface area contributed by atoms with Crippen molar-refractivity contribution >= 4 is 33.4 Å². The van der Waals surface area contributed by atoms with Crippen LogP contribution in [0, 0.1) is 0 Å². The summed E-state index contributed by atoms with van der Waals surface area (Å²) in [7, 11) is 0. The Morgan fingerprint density at radius 3 is 3.12 bits per heavy atom. The zero-order valence-corrected chi connectivity index (χ0v) is 11.5. The molecule has 1 fully saturated rings. The Morgan fingerprint density at radius 2 is 2.29 bits per heavy atom. The Kier molecular flexibility index (Phi) is 4.36. The molecule has 0 radical (unpaired) electrons. The second-order valence-corrected chi connectivity index (χ2v) is 5.02. The normalized spacial score (nSPS) is 16.7. The Bertz CT molecular complexity index is 420.